The Morgan fingerprint density at radius 3 is 2.29 bits per heavy atom. The zero-order valence-electron chi connectivity index (χ0n) is 11.9. The molecule has 17 heavy (non-hydrogen) atoms. The predicted octanol–water partition coefficient (Wildman–Crippen LogP) is 5.73. The average Bonchev–Trinajstić information content (AvgIpc) is 2.56. The van der Waals surface area contributed by atoms with Crippen molar-refractivity contribution in [1.29, 1.82) is 0 Å². The first-order valence-corrected chi connectivity index (χ1v) is 7.93. The second kappa shape index (κ2) is 6.61. The maximum Gasteiger partial charge on any atom is -0.0320 e. The molecule has 1 saturated carbocycles. The summed E-state index contributed by atoms with van der Waals surface area (Å²) in [4.78, 5) is 0. The van der Waals surface area contributed by atoms with E-state index in [9.17, 15) is 0 Å². The molecule has 98 valence electrons. The van der Waals surface area contributed by atoms with Gasteiger partial charge in [-0.25, -0.2) is 0 Å². The maximum atomic E-state index is 2.48. The lowest BCUT2D eigenvalue weighted by Gasteiger charge is -2.30. The van der Waals surface area contributed by atoms with Crippen LogP contribution in [-0.4, -0.2) is 0 Å². The smallest absolute Gasteiger partial charge is 0.0320 e. The molecule has 2 aliphatic carbocycles. The highest BCUT2D eigenvalue weighted by Crippen LogP contribution is 2.37. The van der Waals surface area contributed by atoms with Gasteiger partial charge >= 0.3 is 0 Å². The van der Waals surface area contributed by atoms with Crippen LogP contribution < -0.4 is 0 Å². The molecule has 0 aromatic carbocycles. The van der Waals surface area contributed by atoms with E-state index in [0.717, 1.165) is 17.8 Å². The molecule has 0 heteroatoms. The minimum absolute atomic E-state index is 1.03. The van der Waals surface area contributed by atoms with Gasteiger partial charge in [0.15, 0.2) is 0 Å². The fourth-order valence-electron chi connectivity index (χ4n) is 3.83. The van der Waals surface area contributed by atoms with E-state index in [4.69, 9.17) is 0 Å². The Kier molecular flexibility index (Phi) is 5.13. The highest BCUT2D eigenvalue weighted by Gasteiger charge is 2.23. The summed E-state index contributed by atoms with van der Waals surface area (Å²) in [6.45, 7) is 4.68. The molecule has 0 radical (unpaired) electrons. The Hall–Kier alpha value is -0.260. The van der Waals surface area contributed by atoms with Gasteiger partial charge in [0, 0.05) is 0 Å². The van der Waals surface area contributed by atoms with Crippen LogP contribution in [0.5, 0.6) is 0 Å². The maximum absolute atomic E-state index is 2.48. The van der Waals surface area contributed by atoms with Crippen molar-refractivity contribution >= 4 is 0 Å². The third kappa shape index (κ3) is 4.16. The molecular weight excluding hydrogens is 204 g/mol. The minimum Gasteiger partial charge on any atom is -0.0856 e. The van der Waals surface area contributed by atoms with Crippen molar-refractivity contribution in [3.63, 3.8) is 0 Å². The fourth-order valence-corrected chi connectivity index (χ4v) is 3.83. The summed E-state index contributed by atoms with van der Waals surface area (Å²) in [5.74, 6) is 3.16. The molecule has 2 rings (SSSR count). The van der Waals surface area contributed by atoms with E-state index in [2.05, 4.69) is 19.9 Å². The SMILES string of the molecule is CCC1CCC(CC2CCC=C(C)CC2)CC1. The van der Waals surface area contributed by atoms with E-state index < -0.39 is 0 Å². The van der Waals surface area contributed by atoms with E-state index in [1.165, 1.54) is 64.2 Å². The summed E-state index contributed by atoms with van der Waals surface area (Å²) in [7, 11) is 0. The fraction of sp³-hybridized carbons (Fsp3) is 0.882. The van der Waals surface area contributed by atoms with Crippen LogP contribution in [0.1, 0.15) is 78.1 Å². The summed E-state index contributed by atoms with van der Waals surface area (Å²) < 4.78 is 0. The normalized spacial score (nSPS) is 35.2. The van der Waals surface area contributed by atoms with Crippen LogP contribution in [0.15, 0.2) is 11.6 Å². The molecule has 0 N–H and O–H groups in total. The van der Waals surface area contributed by atoms with Crippen LogP contribution >= 0.6 is 0 Å². The Labute approximate surface area is 108 Å². The zero-order valence-corrected chi connectivity index (χ0v) is 11.9. The molecule has 0 nitrogen and oxygen atoms in total. The minimum atomic E-state index is 1.03. The Morgan fingerprint density at radius 1 is 0.941 bits per heavy atom. The Morgan fingerprint density at radius 2 is 1.59 bits per heavy atom. The lowest BCUT2D eigenvalue weighted by molar-refractivity contribution is 0.224. The quantitative estimate of drug-likeness (QED) is 0.547. The highest BCUT2D eigenvalue weighted by atomic mass is 14.3. The second-order valence-corrected chi connectivity index (χ2v) is 6.56. The van der Waals surface area contributed by atoms with E-state index in [1.54, 1.807) is 5.57 Å². The summed E-state index contributed by atoms with van der Waals surface area (Å²) in [6.07, 6.45) is 17.2. The molecule has 0 heterocycles. The molecular formula is C17H30. The Balaban J connectivity index is 1.71. The average molecular weight is 234 g/mol. The van der Waals surface area contributed by atoms with Gasteiger partial charge in [0.05, 0.1) is 0 Å². The van der Waals surface area contributed by atoms with Crippen LogP contribution in [0.2, 0.25) is 0 Å². The topological polar surface area (TPSA) is 0 Å². The number of hydrogen-bond donors (Lipinski definition) is 0. The molecule has 1 fully saturated rings. The van der Waals surface area contributed by atoms with Gasteiger partial charge in [-0.1, -0.05) is 50.7 Å². The van der Waals surface area contributed by atoms with Crippen molar-refractivity contribution in [2.75, 3.05) is 0 Å². The Bertz CT molecular complexity index is 243. The van der Waals surface area contributed by atoms with Crippen molar-refractivity contribution < 1.29 is 0 Å². The van der Waals surface area contributed by atoms with E-state index >= 15 is 0 Å². The lowest BCUT2D eigenvalue weighted by atomic mass is 9.76. The third-order valence-corrected chi connectivity index (χ3v) is 5.22. The van der Waals surface area contributed by atoms with Crippen molar-refractivity contribution in [1.82, 2.24) is 0 Å². The monoisotopic (exact) mass is 234 g/mol. The van der Waals surface area contributed by atoms with Gasteiger partial charge in [0.2, 0.25) is 0 Å². The van der Waals surface area contributed by atoms with Gasteiger partial charge in [-0.15, -0.1) is 0 Å². The van der Waals surface area contributed by atoms with Gasteiger partial charge in [0.1, 0.15) is 0 Å². The molecule has 0 saturated heterocycles. The van der Waals surface area contributed by atoms with Gasteiger partial charge in [-0.05, 0) is 56.8 Å². The molecule has 1 atom stereocenters. The number of allylic oxidation sites excluding steroid dienone is 2. The third-order valence-electron chi connectivity index (χ3n) is 5.22. The standard InChI is InChI=1S/C17H30/c1-3-15-9-11-17(12-10-15)13-16-6-4-5-14(2)7-8-16/h5,15-17H,3-4,6-13H2,1-2H3. The van der Waals surface area contributed by atoms with Crippen LogP contribution in [-0.2, 0) is 0 Å². The van der Waals surface area contributed by atoms with Gasteiger partial charge in [-0.2, -0.15) is 0 Å². The zero-order chi connectivity index (χ0) is 12.1. The van der Waals surface area contributed by atoms with Gasteiger partial charge < -0.3 is 0 Å². The van der Waals surface area contributed by atoms with Crippen LogP contribution in [0.3, 0.4) is 0 Å². The lowest BCUT2D eigenvalue weighted by Crippen LogP contribution is -2.17. The van der Waals surface area contributed by atoms with E-state index in [1.807, 2.05) is 0 Å². The van der Waals surface area contributed by atoms with Crippen LogP contribution in [0.25, 0.3) is 0 Å². The van der Waals surface area contributed by atoms with Crippen molar-refractivity contribution in [2.45, 2.75) is 78.1 Å². The summed E-state index contributed by atoms with van der Waals surface area (Å²) in [5.41, 5.74) is 1.64. The first-order valence-electron chi connectivity index (χ1n) is 7.93. The first-order chi connectivity index (χ1) is 8.28. The summed E-state index contributed by atoms with van der Waals surface area (Å²) in [6, 6.07) is 0. The molecule has 2 aliphatic rings. The predicted molar refractivity (Wildman–Crippen MR) is 76.1 cm³/mol. The second-order valence-electron chi connectivity index (χ2n) is 6.56. The highest BCUT2D eigenvalue weighted by molar-refractivity contribution is 5.00. The molecule has 0 amide bonds. The van der Waals surface area contributed by atoms with Crippen LogP contribution in [0.4, 0.5) is 0 Å². The van der Waals surface area contributed by atoms with Gasteiger partial charge in [-0.3, -0.25) is 0 Å². The van der Waals surface area contributed by atoms with Crippen molar-refractivity contribution in [2.24, 2.45) is 17.8 Å². The summed E-state index contributed by atoms with van der Waals surface area (Å²) >= 11 is 0. The summed E-state index contributed by atoms with van der Waals surface area (Å²) in [5, 5.41) is 0. The van der Waals surface area contributed by atoms with Gasteiger partial charge in [0.25, 0.3) is 0 Å². The van der Waals surface area contributed by atoms with Crippen molar-refractivity contribution in [3.8, 4) is 0 Å². The van der Waals surface area contributed by atoms with Crippen LogP contribution in [0, 0.1) is 17.8 Å². The van der Waals surface area contributed by atoms with Crippen molar-refractivity contribution in [3.05, 3.63) is 11.6 Å². The first kappa shape index (κ1) is 13.2. The van der Waals surface area contributed by atoms with E-state index in [-0.39, 0.29) is 0 Å². The largest absolute Gasteiger partial charge is 0.0856 e. The molecule has 0 aromatic heterocycles. The number of hydrogen-bond acceptors (Lipinski definition) is 0. The molecule has 0 aliphatic heterocycles. The molecule has 0 aromatic rings. The molecule has 1 unspecified atom stereocenters. The number of rotatable bonds is 3. The molecule has 0 bridgehead atoms. The van der Waals surface area contributed by atoms with E-state index in [0.29, 0.717) is 0 Å². The molecule has 0 spiro atoms.